The van der Waals surface area contributed by atoms with Gasteiger partial charge in [-0.2, -0.15) is 0 Å². The molecule has 0 unspecified atom stereocenters. The van der Waals surface area contributed by atoms with Crippen LogP contribution in [0, 0.1) is 6.92 Å². The molecule has 25 heavy (non-hydrogen) atoms. The number of phosphoric acid groups is 1. The van der Waals surface area contributed by atoms with Gasteiger partial charge >= 0.3 is 13.5 Å². The van der Waals surface area contributed by atoms with Gasteiger partial charge in [-0.3, -0.25) is 18.9 Å². The van der Waals surface area contributed by atoms with Crippen molar-refractivity contribution < 1.29 is 37.6 Å². The molecule has 1 saturated heterocycles. The fourth-order valence-electron chi connectivity index (χ4n) is 2.19. The van der Waals surface area contributed by atoms with Gasteiger partial charge in [-0.25, -0.2) is 13.7 Å². The Morgan fingerprint density at radius 1 is 1.44 bits per heavy atom. The van der Waals surface area contributed by atoms with Crippen LogP contribution in [-0.4, -0.2) is 50.8 Å². The summed E-state index contributed by atoms with van der Waals surface area (Å²) in [6, 6.07) is 0. The summed E-state index contributed by atoms with van der Waals surface area (Å²) in [7, 11) is -4.70. The van der Waals surface area contributed by atoms with E-state index < -0.39 is 51.6 Å². The van der Waals surface area contributed by atoms with Gasteiger partial charge in [-0.15, -0.1) is 0 Å². The van der Waals surface area contributed by atoms with E-state index in [4.69, 9.17) is 22.1 Å². The molecule has 0 saturated carbocycles. The van der Waals surface area contributed by atoms with Crippen LogP contribution in [0.25, 0.3) is 0 Å². The highest BCUT2D eigenvalue weighted by Crippen LogP contribution is 2.57. The number of aliphatic hydroxyl groups excluding tert-OH is 1. The molecular weight excluding hydrogens is 381 g/mol. The highest BCUT2D eigenvalue weighted by molar-refractivity contribution is 7.83. The minimum Gasteiger partial charge on any atom is -0.390 e. The lowest BCUT2D eigenvalue weighted by Gasteiger charge is -2.20. The van der Waals surface area contributed by atoms with Crippen molar-refractivity contribution in [2.45, 2.75) is 31.8 Å². The Morgan fingerprint density at radius 3 is 2.68 bits per heavy atom. The number of rotatable bonds is 6. The Morgan fingerprint density at radius 2 is 2.08 bits per heavy atom. The van der Waals surface area contributed by atoms with E-state index >= 15 is 0 Å². The first-order valence-corrected chi connectivity index (χ1v) is 9.98. The summed E-state index contributed by atoms with van der Waals surface area (Å²) in [5.74, 6) is 0. The summed E-state index contributed by atoms with van der Waals surface area (Å²) >= 11 is 0. The summed E-state index contributed by atoms with van der Waals surface area (Å²) in [5.41, 5.74) is -1.05. The average molecular weight is 396 g/mol. The van der Waals surface area contributed by atoms with Crippen molar-refractivity contribution in [3.05, 3.63) is 32.6 Å². The van der Waals surface area contributed by atoms with Crippen molar-refractivity contribution in [2.75, 3.05) is 6.61 Å². The summed E-state index contributed by atoms with van der Waals surface area (Å²) in [5, 5.41) is 9.95. The molecule has 0 aliphatic carbocycles. The lowest BCUT2D eigenvalue weighted by molar-refractivity contribution is -0.0417. The Labute approximate surface area is 141 Å². The Kier molecular flexibility index (Phi) is 5.92. The maximum absolute atomic E-state index is 11.8. The molecule has 1 aromatic heterocycles. The van der Waals surface area contributed by atoms with E-state index in [9.17, 15) is 23.8 Å². The highest BCUT2D eigenvalue weighted by Gasteiger charge is 2.38. The molecule has 2 rings (SSSR count). The molecule has 2 radical (unpaired) electrons. The van der Waals surface area contributed by atoms with Crippen LogP contribution in [0.4, 0.5) is 0 Å². The normalized spacial score (nSPS) is 26.5. The van der Waals surface area contributed by atoms with Crippen LogP contribution in [0.1, 0.15) is 18.2 Å². The van der Waals surface area contributed by atoms with Gasteiger partial charge in [0.05, 0.1) is 12.7 Å². The zero-order valence-corrected chi connectivity index (χ0v) is 14.6. The van der Waals surface area contributed by atoms with E-state index in [-0.39, 0.29) is 12.0 Å². The maximum Gasteiger partial charge on any atom is 0.476 e. The summed E-state index contributed by atoms with van der Waals surface area (Å²) < 4.78 is 37.1. The number of nitrogens with one attached hydrogen (secondary N) is 1. The van der Waals surface area contributed by atoms with Crippen LogP contribution in [-0.2, 0) is 22.7 Å². The molecule has 2 heterocycles. The molecule has 12 nitrogen and oxygen atoms in total. The lowest BCUT2D eigenvalue weighted by Crippen LogP contribution is -2.33. The van der Waals surface area contributed by atoms with Gasteiger partial charge in [-0.1, -0.05) is 0 Å². The molecule has 0 spiro atoms. The SMILES string of the molecule is [B][P@@](=O)(OC[C@H]1O[C@@H](n2cc(C)c(=O)[nH]c2=O)C[C@@H]1O)OP(=O)(O)O. The molecule has 1 aromatic rings. The van der Waals surface area contributed by atoms with Crippen LogP contribution >= 0.6 is 15.3 Å². The van der Waals surface area contributed by atoms with E-state index in [1.807, 2.05) is 0 Å². The summed E-state index contributed by atoms with van der Waals surface area (Å²) in [6.45, 7) is 0.868. The molecule has 4 atom stereocenters. The van der Waals surface area contributed by atoms with E-state index in [1.54, 1.807) is 0 Å². The standard InChI is InChI=1S/C10H15BN2O10P2/c1-5-3-13(10(16)12-9(5)15)8-2-6(14)7(22-8)4-21-24(11,17)23-25(18,19)20/h3,6-8,14H,2,4H2,1H3,(H,12,15,16)(H2,18,19,20)/t6-,7+,8+,24+/m0/s1. The zero-order valence-electron chi connectivity index (χ0n) is 12.8. The molecule has 0 amide bonds. The second-order valence-electron chi connectivity index (χ2n) is 5.32. The minimum absolute atomic E-state index is 0.0480. The number of aromatic amines is 1. The van der Waals surface area contributed by atoms with Crippen LogP contribution in [0.3, 0.4) is 0 Å². The fraction of sp³-hybridized carbons (Fsp3) is 0.600. The third-order valence-corrected chi connectivity index (χ3v) is 5.57. The number of ether oxygens (including phenoxy) is 1. The van der Waals surface area contributed by atoms with Crippen molar-refractivity contribution in [3.63, 3.8) is 0 Å². The quantitative estimate of drug-likeness (QED) is 0.341. The van der Waals surface area contributed by atoms with Crippen molar-refractivity contribution in [1.29, 1.82) is 0 Å². The summed E-state index contributed by atoms with van der Waals surface area (Å²) in [4.78, 5) is 42.4. The molecule has 1 fully saturated rings. The summed E-state index contributed by atoms with van der Waals surface area (Å²) in [6.07, 6.45) is -1.98. The van der Waals surface area contributed by atoms with Gasteiger partial charge in [-0.05, 0) is 6.92 Å². The molecule has 138 valence electrons. The van der Waals surface area contributed by atoms with E-state index in [1.165, 1.54) is 13.1 Å². The zero-order chi connectivity index (χ0) is 19.0. The number of hydrogen-bond donors (Lipinski definition) is 4. The maximum atomic E-state index is 11.8. The number of aryl methyl sites for hydroxylation is 1. The van der Waals surface area contributed by atoms with Gasteiger partial charge < -0.3 is 24.2 Å². The Bertz CT molecular complexity index is 847. The fourth-order valence-corrected chi connectivity index (χ4v) is 3.91. The predicted octanol–water partition coefficient (Wildman–Crippen LogP) is -1.10. The first-order chi connectivity index (χ1) is 11.4. The number of nitrogens with zero attached hydrogens (tertiary/aromatic N) is 1. The predicted molar refractivity (Wildman–Crippen MR) is 83.0 cm³/mol. The second kappa shape index (κ2) is 7.30. The number of aliphatic hydroxyl groups is 1. The Hall–Kier alpha value is -1.04. The van der Waals surface area contributed by atoms with Crippen LogP contribution in [0.5, 0.6) is 0 Å². The number of hydrogen-bond acceptors (Lipinski definition) is 8. The lowest BCUT2D eigenvalue weighted by atomic mass is 10.2. The average Bonchev–Trinajstić information content (AvgIpc) is 2.79. The van der Waals surface area contributed by atoms with Gasteiger partial charge in [0.2, 0.25) is 7.57 Å². The molecule has 0 aromatic carbocycles. The van der Waals surface area contributed by atoms with E-state index in [0.717, 1.165) is 4.57 Å². The van der Waals surface area contributed by atoms with Crippen molar-refractivity contribution in [3.8, 4) is 0 Å². The van der Waals surface area contributed by atoms with Crippen LogP contribution in [0.15, 0.2) is 15.8 Å². The number of H-pyrrole nitrogens is 1. The highest BCUT2D eigenvalue weighted by atomic mass is 31.3. The largest absolute Gasteiger partial charge is 0.476 e. The molecular formula is C10H15BN2O10P2. The van der Waals surface area contributed by atoms with Gasteiger partial charge in [0.25, 0.3) is 13.0 Å². The van der Waals surface area contributed by atoms with Gasteiger partial charge in [0, 0.05) is 18.2 Å². The van der Waals surface area contributed by atoms with Crippen molar-refractivity contribution >= 4 is 22.9 Å². The van der Waals surface area contributed by atoms with Gasteiger partial charge in [0.1, 0.15) is 12.3 Å². The van der Waals surface area contributed by atoms with E-state index in [0.29, 0.717) is 0 Å². The molecule has 1 aliphatic heterocycles. The van der Waals surface area contributed by atoms with Crippen LogP contribution in [0.2, 0.25) is 0 Å². The monoisotopic (exact) mass is 396 g/mol. The molecule has 0 bridgehead atoms. The number of aromatic nitrogens is 2. The third kappa shape index (κ3) is 5.47. The Balaban J connectivity index is 2.06. The second-order valence-corrected chi connectivity index (χ2v) is 8.29. The third-order valence-electron chi connectivity index (χ3n) is 3.30. The topological polar surface area (TPSA) is 177 Å². The van der Waals surface area contributed by atoms with Crippen LogP contribution < -0.4 is 11.2 Å². The molecule has 1 aliphatic rings. The smallest absolute Gasteiger partial charge is 0.390 e. The van der Waals surface area contributed by atoms with E-state index in [2.05, 4.69) is 13.8 Å². The van der Waals surface area contributed by atoms with Crippen molar-refractivity contribution in [2.24, 2.45) is 0 Å². The van der Waals surface area contributed by atoms with Crippen molar-refractivity contribution in [1.82, 2.24) is 9.55 Å². The molecule has 4 N–H and O–H groups in total. The van der Waals surface area contributed by atoms with Gasteiger partial charge in [0.15, 0.2) is 0 Å². The minimum atomic E-state index is -5.14. The molecule has 15 heteroatoms. The first-order valence-electron chi connectivity index (χ1n) is 6.83. The first kappa shape index (κ1) is 20.3.